The number of hydrogen-bond donors (Lipinski definition) is 3. The highest BCUT2D eigenvalue weighted by Gasteiger charge is 2.30. The molecule has 0 fully saturated rings. The number of carbonyl (C=O) groups is 4. The number of esters is 4. The Morgan fingerprint density at radius 1 is 0.284 bits per heavy atom. The van der Waals surface area contributed by atoms with Gasteiger partial charge in [0.2, 0.25) is 0 Å². The average Bonchev–Trinajstić information content (AvgIpc) is 0.944. The summed E-state index contributed by atoms with van der Waals surface area (Å²) < 4.78 is 68.5. The second-order valence-electron chi connectivity index (χ2n) is 25.9. The summed E-state index contributed by atoms with van der Waals surface area (Å²) in [6.45, 7) is 4.51. The van der Waals surface area contributed by atoms with E-state index in [1.54, 1.807) is 0 Å². The van der Waals surface area contributed by atoms with Crippen LogP contribution in [-0.4, -0.2) is 96.7 Å². The van der Waals surface area contributed by atoms with Crippen LogP contribution < -0.4 is 0 Å². The molecule has 0 aromatic rings. The highest BCUT2D eigenvalue weighted by molar-refractivity contribution is 7.47. The van der Waals surface area contributed by atoms with Crippen molar-refractivity contribution in [3.63, 3.8) is 0 Å². The lowest BCUT2D eigenvalue weighted by molar-refractivity contribution is -0.161. The van der Waals surface area contributed by atoms with Gasteiger partial charge in [0.1, 0.15) is 19.3 Å². The monoisotopic (exact) mass is 1470 g/mol. The smallest absolute Gasteiger partial charge is 0.462 e. The first-order chi connectivity index (χ1) is 49.7. The number of rotatable bonds is 73. The van der Waals surface area contributed by atoms with Crippen LogP contribution in [0.5, 0.6) is 0 Å². The summed E-state index contributed by atoms with van der Waals surface area (Å²) >= 11 is 0. The molecule has 0 aromatic heterocycles. The molecule has 17 nitrogen and oxygen atoms in total. The second kappa shape index (κ2) is 74.5. The molecular formula is C83H140O17P2. The quantitative estimate of drug-likeness (QED) is 0.0169. The van der Waals surface area contributed by atoms with Gasteiger partial charge in [-0.25, -0.2) is 9.13 Å². The van der Waals surface area contributed by atoms with Crippen molar-refractivity contribution in [2.24, 2.45) is 0 Å². The van der Waals surface area contributed by atoms with Gasteiger partial charge < -0.3 is 33.8 Å². The minimum absolute atomic E-state index is 0.0663. The second-order valence-corrected chi connectivity index (χ2v) is 28.8. The third-order valence-electron chi connectivity index (χ3n) is 16.1. The number of ether oxygens (including phenoxy) is 4. The molecule has 584 valence electrons. The topological polar surface area (TPSA) is 237 Å². The Bertz CT molecular complexity index is 2460. The predicted molar refractivity (Wildman–Crippen MR) is 418 cm³/mol. The molecule has 19 heteroatoms. The van der Waals surface area contributed by atoms with Gasteiger partial charge in [0.15, 0.2) is 12.2 Å². The Morgan fingerprint density at radius 3 is 0.824 bits per heavy atom. The molecule has 0 saturated carbocycles. The van der Waals surface area contributed by atoms with Crippen molar-refractivity contribution >= 4 is 39.5 Å². The minimum Gasteiger partial charge on any atom is -0.462 e. The lowest BCUT2D eigenvalue weighted by atomic mass is 10.1. The van der Waals surface area contributed by atoms with E-state index in [2.05, 4.69) is 161 Å². The van der Waals surface area contributed by atoms with Gasteiger partial charge in [0.25, 0.3) is 0 Å². The maximum Gasteiger partial charge on any atom is 0.472 e. The summed E-state index contributed by atoms with van der Waals surface area (Å²) in [6, 6.07) is 0. The molecular weight excluding hydrogens is 1330 g/mol. The fourth-order valence-electron chi connectivity index (χ4n) is 10.1. The third-order valence-corrected chi connectivity index (χ3v) is 18.0. The molecule has 0 radical (unpaired) electrons. The van der Waals surface area contributed by atoms with Crippen molar-refractivity contribution in [2.75, 3.05) is 39.6 Å². The Hall–Kier alpha value is -4.80. The van der Waals surface area contributed by atoms with E-state index < -0.39 is 97.5 Å². The van der Waals surface area contributed by atoms with Crippen LogP contribution in [0.15, 0.2) is 134 Å². The van der Waals surface area contributed by atoms with Gasteiger partial charge in [-0.1, -0.05) is 264 Å². The van der Waals surface area contributed by atoms with Gasteiger partial charge in [-0.15, -0.1) is 0 Å². The summed E-state index contributed by atoms with van der Waals surface area (Å²) in [5, 5.41) is 10.6. The van der Waals surface area contributed by atoms with Crippen LogP contribution in [0.1, 0.15) is 310 Å². The summed E-state index contributed by atoms with van der Waals surface area (Å²) in [7, 11) is -9.97. The number of phosphoric ester groups is 2. The molecule has 0 saturated heterocycles. The maximum absolute atomic E-state index is 13.1. The van der Waals surface area contributed by atoms with Crippen LogP contribution >= 0.6 is 15.6 Å². The zero-order chi connectivity index (χ0) is 74.6. The molecule has 0 spiro atoms. The highest BCUT2D eigenvalue weighted by Crippen LogP contribution is 2.45. The molecule has 0 heterocycles. The third kappa shape index (κ3) is 73.5. The summed E-state index contributed by atoms with van der Waals surface area (Å²) in [5.74, 6) is -2.24. The normalized spacial score (nSPS) is 14.6. The number of allylic oxidation sites excluding steroid dienone is 22. The van der Waals surface area contributed by atoms with E-state index >= 15 is 0 Å². The molecule has 0 aliphatic heterocycles. The molecule has 5 atom stereocenters. The first kappa shape index (κ1) is 97.2. The lowest BCUT2D eigenvalue weighted by Crippen LogP contribution is -2.30. The fraction of sp³-hybridized carbons (Fsp3) is 0.687. The van der Waals surface area contributed by atoms with Gasteiger partial charge in [-0.05, 0) is 154 Å². The highest BCUT2D eigenvalue weighted by atomic mass is 31.2. The zero-order valence-corrected chi connectivity index (χ0v) is 65.5. The van der Waals surface area contributed by atoms with E-state index in [0.717, 1.165) is 199 Å². The van der Waals surface area contributed by atoms with Gasteiger partial charge in [-0.2, -0.15) is 0 Å². The van der Waals surface area contributed by atoms with Gasteiger partial charge in [0, 0.05) is 25.7 Å². The van der Waals surface area contributed by atoms with Crippen molar-refractivity contribution in [3.8, 4) is 0 Å². The SMILES string of the molecule is CC/C=C\C/C=C\C/C=C\C/C=C\CCCCCCC(=O)OCC(COP(=O)(O)OCC(O)COP(=O)(O)OCC(COC(=O)CCCCCCCC/C=C\C/C=C\C/C=C\CCCCC)OC(=O)CCCCCCC/C=C\CCCC)OC(=O)CCCCCCC/C=C\C/C=C\C/C=C\CC. The molecule has 5 unspecified atom stereocenters. The Morgan fingerprint density at radius 2 is 0.520 bits per heavy atom. The Labute approximate surface area is 618 Å². The van der Waals surface area contributed by atoms with Crippen LogP contribution in [0.2, 0.25) is 0 Å². The first-order valence-corrected chi connectivity index (χ1v) is 42.4. The number of carbonyl (C=O) groups excluding carboxylic acids is 4. The maximum atomic E-state index is 13.1. The Kier molecular flexibility index (Phi) is 71.0. The van der Waals surface area contributed by atoms with E-state index in [1.165, 1.54) is 32.1 Å². The number of unbranched alkanes of at least 4 members (excludes halogenated alkanes) is 25. The zero-order valence-electron chi connectivity index (χ0n) is 63.7. The fourth-order valence-corrected chi connectivity index (χ4v) is 11.7. The van der Waals surface area contributed by atoms with Gasteiger partial charge in [-0.3, -0.25) is 37.3 Å². The van der Waals surface area contributed by atoms with E-state index in [1.807, 2.05) is 0 Å². The number of aliphatic hydroxyl groups is 1. The van der Waals surface area contributed by atoms with E-state index in [9.17, 15) is 43.2 Å². The van der Waals surface area contributed by atoms with Gasteiger partial charge >= 0.3 is 39.5 Å². The van der Waals surface area contributed by atoms with Crippen LogP contribution in [0, 0.1) is 0 Å². The standard InChI is InChI=1S/C83H140O17P2/c1-5-9-13-17-21-25-29-32-35-37-38-40-43-45-49-52-56-60-64-68-80(85)93-73-78(99-82(87)69-65-61-57-53-47-28-24-20-16-12-8-4)75-97-101(89,90)95-71-77(84)72-96-102(91,92)98-76-79(100-83(88)70-66-62-58-54-50-46-41-34-31-27-23-19-15-11-7-3)74-94-81(86)67-63-59-55-51-48-44-42-39-36-33-30-26-22-18-14-10-6-2/h10-11,14-15,20-27,32-36,38,40-42,44,77-79,84H,5-9,12-13,16-19,28-31,37,39,43,45-76H2,1-4H3,(H,89,90)(H,91,92)/b14-10-,15-11-,24-20-,25-21-,26-22-,27-23-,35-32-,36-33-,40-38-,41-34-,44-42-. The molecule has 0 amide bonds. The van der Waals surface area contributed by atoms with Crippen LogP contribution in [0.4, 0.5) is 0 Å². The summed E-state index contributed by atoms with van der Waals surface area (Å²) in [6.07, 6.45) is 82.9. The van der Waals surface area contributed by atoms with Crippen molar-refractivity contribution < 1.29 is 80.2 Å². The summed E-state index contributed by atoms with van der Waals surface area (Å²) in [4.78, 5) is 72.9. The number of phosphoric acid groups is 2. The molecule has 0 aliphatic carbocycles. The number of hydrogen-bond acceptors (Lipinski definition) is 15. The van der Waals surface area contributed by atoms with Crippen LogP contribution in [0.25, 0.3) is 0 Å². The molecule has 0 aliphatic rings. The van der Waals surface area contributed by atoms with Gasteiger partial charge in [0.05, 0.1) is 26.4 Å². The van der Waals surface area contributed by atoms with Crippen LogP contribution in [-0.2, 0) is 65.4 Å². The average molecular weight is 1470 g/mol. The van der Waals surface area contributed by atoms with E-state index in [4.69, 9.17) is 37.0 Å². The minimum atomic E-state index is -4.99. The molecule has 0 aromatic carbocycles. The van der Waals surface area contributed by atoms with Crippen molar-refractivity contribution in [2.45, 2.75) is 329 Å². The van der Waals surface area contributed by atoms with Crippen molar-refractivity contribution in [1.82, 2.24) is 0 Å². The van der Waals surface area contributed by atoms with E-state index in [0.29, 0.717) is 25.7 Å². The summed E-state index contributed by atoms with van der Waals surface area (Å²) in [5.41, 5.74) is 0. The van der Waals surface area contributed by atoms with E-state index in [-0.39, 0.29) is 25.7 Å². The number of aliphatic hydroxyl groups excluding tert-OH is 1. The largest absolute Gasteiger partial charge is 0.472 e. The van der Waals surface area contributed by atoms with Crippen LogP contribution in [0.3, 0.4) is 0 Å². The lowest BCUT2D eigenvalue weighted by Gasteiger charge is -2.21. The predicted octanol–water partition coefficient (Wildman–Crippen LogP) is 22.9. The molecule has 0 bridgehead atoms. The Balaban J connectivity index is 5.36. The molecule has 0 rings (SSSR count). The molecule has 3 N–H and O–H groups in total. The molecule has 102 heavy (non-hydrogen) atoms. The van der Waals surface area contributed by atoms with Crippen molar-refractivity contribution in [1.29, 1.82) is 0 Å². The first-order valence-electron chi connectivity index (χ1n) is 39.4. The van der Waals surface area contributed by atoms with Crippen molar-refractivity contribution in [3.05, 3.63) is 134 Å².